The molecule has 0 bridgehead atoms. The maximum absolute atomic E-state index is 5.93. The molecule has 0 unspecified atom stereocenters. The molecule has 118 valence electrons. The molecule has 0 spiro atoms. The van der Waals surface area contributed by atoms with Crippen LogP contribution in [0.4, 0.5) is 0 Å². The van der Waals surface area contributed by atoms with E-state index in [1.807, 2.05) is 42.5 Å². The standard InChI is InChI=1S/C19H26O2Si/c1-19(2,22(3)4)15-21-18-12-10-17(11-13-18)20-14-16-8-6-5-7-9-16/h5-13,22H,14-15H2,1-4H3. The molecule has 0 radical (unpaired) electrons. The van der Waals surface area contributed by atoms with Gasteiger partial charge in [0.15, 0.2) is 0 Å². The first-order chi connectivity index (χ1) is 10.5. The molecule has 0 saturated carbocycles. The molecular weight excluding hydrogens is 288 g/mol. The number of hydrogen-bond donors (Lipinski definition) is 0. The minimum Gasteiger partial charge on any atom is -0.493 e. The van der Waals surface area contributed by atoms with Gasteiger partial charge in [-0.05, 0) is 34.9 Å². The number of ether oxygens (including phenoxy) is 2. The molecule has 0 aromatic heterocycles. The third-order valence-electron chi connectivity index (χ3n) is 4.25. The van der Waals surface area contributed by atoms with Gasteiger partial charge >= 0.3 is 0 Å². The highest BCUT2D eigenvalue weighted by Gasteiger charge is 2.24. The van der Waals surface area contributed by atoms with Crippen LogP contribution in [0.2, 0.25) is 18.1 Å². The fourth-order valence-electron chi connectivity index (χ4n) is 1.81. The van der Waals surface area contributed by atoms with Crippen molar-refractivity contribution >= 4 is 8.80 Å². The third kappa shape index (κ3) is 4.92. The lowest BCUT2D eigenvalue weighted by molar-refractivity contribution is 0.274. The molecule has 0 atom stereocenters. The Morgan fingerprint density at radius 1 is 0.818 bits per heavy atom. The molecule has 0 fully saturated rings. The zero-order valence-corrected chi connectivity index (χ0v) is 15.2. The molecule has 0 aliphatic rings. The fourth-order valence-corrected chi connectivity index (χ4v) is 2.23. The number of benzene rings is 2. The summed E-state index contributed by atoms with van der Waals surface area (Å²) in [6.45, 7) is 10.7. The van der Waals surface area contributed by atoms with Crippen molar-refractivity contribution in [3.63, 3.8) is 0 Å². The maximum atomic E-state index is 5.93. The molecule has 22 heavy (non-hydrogen) atoms. The van der Waals surface area contributed by atoms with Gasteiger partial charge in [0, 0.05) is 8.80 Å². The van der Waals surface area contributed by atoms with Gasteiger partial charge in [-0.15, -0.1) is 0 Å². The van der Waals surface area contributed by atoms with Crippen molar-refractivity contribution in [3.8, 4) is 11.5 Å². The van der Waals surface area contributed by atoms with Gasteiger partial charge < -0.3 is 9.47 Å². The summed E-state index contributed by atoms with van der Waals surface area (Å²) in [5.41, 5.74) is 1.17. The average Bonchev–Trinajstić information content (AvgIpc) is 2.53. The van der Waals surface area contributed by atoms with Gasteiger partial charge in [0.2, 0.25) is 0 Å². The van der Waals surface area contributed by atoms with Crippen LogP contribution in [0, 0.1) is 0 Å². The maximum Gasteiger partial charge on any atom is 0.120 e. The van der Waals surface area contributed by atoms with Gasteiger partial charge in [-0.3, -0.25) is 0 Å². The van der Waals surface area contributed by atoms with Gasteiger partial charge in [0.25, 0.3) is 0 Å². The largest absolute Gasteiger partial charge is 0.493 e. The molecule has 0 aliphatic carbocycles. The van der Waals surface area contributed by atoms with Crippen molar-refractivity contribution in [1.29, 1.82) is 0 Å². The molecule has 0 saturated heterocycles. The second kappa shape index (κ2) is 7.50. The highest BCUT2D eigenvalue weighted by atomic mass is 28.3. The topological polar surface area (TPSA) is 18.5 Å². The zero-order chi connectivity index (χ0) is 16.0. The van der Waals surface area contributed by atoms with Crippen molar-refractivity contribution in [2.24, 2.45) is 0 Å². The molecule has 2 aromatic carbocycles. The van der Waals surface area contributed by atoms with Crippen LogP contribution in [-0.4, -0.2) is 15.4 Å². The first-order valence-electron chi connectivity index (χ1n) is 7.87. The highest BCUT2D eigenvalue weighted by molar-refractivity contribution is 6.59. The predicted octanol–water partition coefficient (Wildman–Crippen LogP) is 4.91. The Bertz CT molecular complexity index is 562. The zero-order valence-electron chi connectivity index (χ0n) is 14.0. The lowest BCUT2D eigenvalue weighted by atomic mass is 10.2. The Balaban J connectivity index is 1.85. The monoisotopic (exact) mass is 314 g/mol. The smallest absolute Gasteiger partial charge is 0.120 e. The van der Waals surface area contributed by atoms with Crippen molar-refractivity contribution < 1.29 is 9.47 Å². The van der Waals surface area contributed by atoms with E-state index in [0.717, 1.165) is 18.1 Å². The van der Waals surface area contributed by atoms with E-state index < -0.39 is 8.80 Å². The second-order valence-electron chi connectivity index (χ2n) is 6.68. The minimum absolute atomic E-state index is 0.308. The minimum atomic E-state index is -0.726. The molecule has 0 N–H and O–H groups in total. The van der Waals surface area contributed by atoms with Crippen molar-refractivity contribution in [3.05, 3.63) is 60.2 Å². The summed E-state index contributed by atoms with van der Waals surface area (Å²) < 4.78 is 11.7. The van der Waals surface area contributed by atoms with Crippen LogP contribution >= 0.6 is 0 Å². The summed E-state index contributed by atoms with van der Waals surface area (Å²) in [5, 5.41) is 0.308. The second-order valence-corrected chi connectivity index (χ2v) is 10.5. The average molecular weight is 315 g/mol. The Morgan fingerprint density at radius 2 is 1.36 bits per heavy atom. The normalized spacial score (nSPS) is 11.5. The van der Waals surface area contributed by atoms with Crippen LogP contribution < -0.4 is 9.47 Å². The quantitative estimate of drug-likeness (QED) is 0.676. The summed E-state index contributed by atoms with van der Waals surface area (Å²) in [7, 11) is -0.726. The lowest BCUT2D eigenvalue weighted by Gasteiger charge is -2.28. The van der Waals surface area contributed by atoms with E-state index in [0.29, 0.717) is 11.6 Å². The van der Waals surface area contributed by atoms with E-state index >= 15 is 0 Å². The van der Waals surface area contributed by atoms with Gasteiger partial charge in [-0.25, -0.2) is 0 Å². The summed E-state index contributed by atoms with van der Waals surface area (Å²) in [5.74, 6) is 1.78. The van der Waals surface area contributed by atoms with Crippen LogP contribution in [0.5, 0.6) is 11.5 Å². The third-order valence-corrected chi connectivity index (χ3v) is 7.54. The van der Waals surface area contributed by atoms with Crippen LogP contribution in [-0.2, 0) is 6.61 Å². The highest BCUT2D eigenvalue weighted by Crippen LogP contribution is 2.29. The lowest BCUT2D eigenvalue weighted by Crippen LogP contribution is -2.27. The summed E-state index contributed by atoms with van der Waals surface area (Å²) in [6.07, 6.45) is 0. The summed E-state index contributed by atoms with van der Waals surface area (Å²) >= 11 is 0. The summed E-state index contributed by atoms with van der Waals surface area (Å²) in [4.78, 5) is 0. The van der Waals surface area contributed by atoms with Crippen LogP contribution in [0.3, 0.4) is 0 Å². The Labute approximate surface area is 135 Å². The first kappa shape index (κ1) is 16.6. The van der Waals surface area contributed by atoms with E-state index in [4.69, 9.17) is 9.47 Å². The van der Waals surface area contributed by atoms with E-state index in [9.17, 15) is 0 Å². The SMILES string of the molecule is C[SiH](C)C(C)(C)COc1ccc(OCc2ccccc2)cc1. The van der Waals surface area contributed by atoms with Crippen LogP contribution in [0.15, 0.2) is 54.6 Å². The molecule has 0 aliphatic heterocycles. The van der Waals surface area contributed by atoms with Gasteiger partial charge in [0.05, 0.1) is 6.61 Å². The fraction of sp³-hybridized carbons (Fsp3) is 0.368. The van der Waals surface area contributed by atoms with Gasteiger partial charge in [-0.1, -0.05) is 57.3 Å². The van der Waals surface area contributed by atoms with Crippen molar-refractivity contribution in [1.82, 2.24) is 0 Å². The molecule has 0 amide bonds. The molecule has 3 heteroatoms. The van der Waals surface area contributed by atoms with E-state index in [2.05, 4.69) is 39.1 Å². The Hall–Kier alpha value is -1.74. The molecule has 2 aromatic rings. The Kier molecular flexibility index (Phi) is 5.67. The van der Waals surface area contributed by atoms with E-state index in [1.165, 1.54) is 5.56 Å². The number of hydrogen-bond acceptors (Lipinski definition) is 2. The molecule has 0 heterocycles. The number of rotatable bonds is 7. The molecule has 2 rings (SSSR count). The summed E-state index contributed by atoms with van der Waals surface area (Å²) in [6, 6.07) is 18.1. The van der Waals surface area contributed by atoms with Crippen LogP contribution in [0.1, 0.15) is 19.4 Å². The van der Waals surface area contributed by atoms with Crippen molar-refractivity contribution in [2.45, 2.75) is 38.6 Å². The first-order valence-corrected chi connectivity index (χ1v) is 10.8. The molecular formula is C19H26O2Si. The van der Waals surface area contributed by atoms with Crippen molar-refractivity contribution in [2.75, 3.05) is 6.61 Å². The van der Waals surface area contributed by atoms with Gasteiger partial charge in [0.1, 0.15) is 18.1 Å². The van der Waals surface area contributed by atoms with E-state index in [1.54, 1.807) is 0 Å². The Morgan fingerprint density at radius 3 is 1.91 bits per heavy atom. The van der Waals surface area contributed by atoms with E-state index in [-0.39, 0.29) is 0 Å². The molecule has 2 nitrogen and oxygen atoms in total. The predicted molar refractivity (Wildman–Crippen MR) is 95.6 cm³/mol. The van der Waals surface area contributed by atoms with Gasteiger partial charge in [-0.2, -0.15) is 0 Å². The van der Waals surface area contributed by atoms with Crippen LogP contribution in [0.25, 0.3) is 0 Å².